The van der Waals surface area contributed by atoms with Gasteiger partial charge in [0.25, 0.3) is 5.91 Å². The van der Waals surface area contributed by atoms with E-state index in [1.165, 1.54) is 31.6 Å². The van der Waals surface area contributed by atoms with Crippen molar-refractivity contribution in [1.82, 2.24) is 20.8 Å². The lowest BCUT2D eigenvalue weighted by molar-refractivity contribution is -0.383. The van der Waals surface area contributed by atoms with Crippen LogP contribution in [0.3, 0.4) is 0 Å². The smallest absolute Gasteiger partial charge is 0.356 e. The number of nitrogens with zero attached hydrogens (tertiary/aromatic N) is 3. The van der Waals surface area contributed by atoms with Crippen LogP contribution in [0.4, 0.5) is 17.3 Å². The van der Waals surface area contributed by atoms with E-state index < -0.39 is 22.4 Å². The number of hydrogen-bond acceptors (Lipinski definition) is 10. The number of aromatic nitrogens is 2. The van der Waals surface area contributed by atoms with Crippen LogP contribution in [-0.2, 0) is 0 Å². The van der Waals surface area contributed by atoms with Gasteiger partial charge in [0.1, 0.15) is 12.1 Å². The Labute approximate surface area is 168 Å². The first kappa shape index (κ1) is 20.1. The number of para-hydroxylation sites is 1. The Morgan fingerprint density at radius 3 is 2.30 bits per heavy atom. The molecule has 0 spiro atoms. The average Bonchev–Trinajstić information content (AvgIpc) is 3.30. The number of carbonyl (C=O) groups excluding carboxylic acids is 2. The van der Waals surface area contributed by atoms with Crippen molar-refractivity contribution in [3.8, 4) is 5.75 Å². The summed E-state index contributed by atoms with van der Waals surface area (Å²) >= 11 is 0. The maximum Gasteiger partial charge on any atom is 0.356 e. The Morgan fingerprint density at radius 1 is 1.03 bits per heavy atom. The molecule has 0 unspecified atom stereocenters. The highest BCUT2D eigenvalue weighted by atomic mass is 16.6. The van der Waals surface area contributed by atoms with E-state index in [1.54, 1.807) is 18.2 Å². The average molecular weight is 413 g/mol. The predicted molar refractivity (Wildman–Crippen MR) is 103 cm³/mol. The third-order valence-electron chi connectivity index (χ3n) is 3.69. The molecule has 0 bridgehead atoms. The van der Waals surface area contributed by atoms with E-state index >= 15 is 0 Å². The summed E-state index contributed by atoms with van der Waals surface area (Å²) in [5.74, 6) is -1.61. The zero-order valence-corrected chi connectivity index (χ0v) is 15.4. The predicted octanol–water partition coefficient (Wildman–Crippen LogP) is 1.50. The fraction of sp³-hybridized carbons (Fsp3) is 0.0588. The summed E-state index contributed by atoms with van der Waals surface area (Å²) in [6.07, 6.45) is 2.31. The normalized spacial score (nSPS) is 10.0. The minimum absolute atomic E-state index is 0.0124. The number of nitro groups is 1. The molecule has 2 aromatic heterocycles. The Bertz CT molecular complexity index is 1070. The highest BCUT2D eigenvalue weighted by Crippen LogP contribution is 2.28. The molecule has 0 fully saturated rings. The van der Waals surface area contributed by atoms with Crippen molar-refractivity contribution in [3.05, 3.63) is 70.4 Å². The van der Waals surface area contributed by atoms with Crippen LogP contribution in [0.2, 0.25) is 0 Å². The van der Waals surface area contributed by atoms with Crippen LogP contribution in [0, 0.1) is 10.1 Å². The van der Waals surface area contributed by atoms with Crippen molar-refractivity contribution < 1.29 is 23.7 Å². The number of furan rings is 1. The van der Waals surface area contributed by atoms with Crippen LogP contribution >= 0.6 is 0 Å². The Morgan fingerprint density at radius 2 is 1.70 bits per heavy atom. The van der Waals surface area contributed by atoms with Crippen LogP contribution in [-0.4, -0.2) is 33.8 Å². The summed E-state index contributed by atoms with van der Waals surface area (Å²) in [7, 11) is 1.41. The molecule has 2 amide bonds. The molecular formula is C17H15N7O6. The molecule has 13 heteroatoms. The Kier molecular flexibility index (Phi) is 6.02. The lowest BCUT2D eigenvalue weighted by Crippen LogP contribution is -2.32. The van der Waals surface area contributed by atoms with E-state index in [-0.39, 0.29) is 23.0 Å². The fourth-order valence-corrected chi connectivity index (χ4v) is 2.34. The Hall–Kier alpha value is -4.68. The van der Waals surface area contributed by atoms with Crippen molar-refractivity contribution in [2.45, 2.75) is 0 Å². The molecule has 2 heterocycles. The summed E-state index contributed by atoms with van der Waals surface area (Å²) in [6, 6.07) is 9.34. The van der Waals surface area contributed by atoms with E-state index in [4.69, 9.17) is 9.15 Å². The van der Waals surface area contributed by atoms with Crippen molar-refractivity contribution in [2.24, 2.45) is 0 Å². The molecule has 0 atom stereocenters. The highest BCUT2D eigenvalue weighted by molar-refractivity contribution is 5.97. The minimum Gasteiger partial charge on any atom is -0.496 e. The number of nitrogens with one attached hydrogen (secondary N) is 4. The van der Waals surface area contributed by atoms with Gasteiger partial charge in [0, 0.05) is 0 Å². The number of rotatable bonds is 8. The minimum atomic E-state index is -0.779. The fourth-order valence-electron chi connectivity index (χ4n) is 2.34. The SMILES string of the molecule is COc1ccccc1C(=O)NNc1ncnc(NNC(=O)c2ccco2)c1[N+](=O)[O-]. The maximum atomic E-state index is 12.4. The van der Waals surface area contributed by atoms with Crippen molar-refractivity contribution >= 4 is 29.1 Å². The maximum absolute atomic E-state index is 12.4. The summed E-state index contributed by atoms with van der Waals surface area (Å²) in [4.78, 5) is 42.5. The molecule has 0 saturated heterocycles. The van der Waals surface area contributed by atoms with E-state index in [0.717, 1.165) is 6.33 Å². The summed E-state index contributed by atoms with van der Waals surface area (Å²) in [5, 5.41) is 11.5. The second-order valence-corrected chi connectivity index (χ2v) is 5.51. The number of hydrogen-bond donors (Lipinski definition) is 4. The molecule has 0 aliphatic heterocycles. The number of carbonyl (C=O) groups is 2. The largest absolute Gasteiger partial charge is 0.496 e. The molecular weight excluding hydrogens is 398 g/mol. The van der Waals surface area contributed by atoms with E-state index in [0.29, 0.717) is 5.75 Å². The zero-order chi connectivity index (χ0) is 21.5. The third kappa shape index (κ3) is 4.41. The first-order valence-corrected chi connectivity index (χ1v) is 8.30. The molecule has 0 saturated carbocycles. The first-order chi connectivity index (χ1) is 14.5. The van der Waals surface area contributed by atoms with Gasteiger partial charge < -0.3 is 9.15 Å². The topological polar surface area (TPSA) is 174 Å². The molecule has 0 aliphatic rings. The first-order valence-electron chi connectivity index (χ1n) is 8.30. The van der Waals surface area contributed by atoms with E-state index in [9.17, 15) is 19.7 Å². The molecule has 13 nitrogen and oxygen atoms in total. The summed E-state index contributed by atoms with van der Waals surface area (Å²) in [5.41, 5.74) is 8.83. The van der Waals surface area contributed by atoms with Crippen molar-refractivity contribution in [1.29, 1.82) is 0 Å². The van der Waals surface area contributed by atoms with Gasteiger partial charge in [-0.15, -0.1) is 0 Å². The second kappa shape index (κ2) is 9.01. The van der Waals surface area contributed by atoms with Crippen LogP contribution in [0.15, 0.2) is 53.4 Å². The third-order valence-corrected chi connectivity index (χ3v) is 3.69. The second-order valence-electron chi connectivity index (χ2n) is 5.51. The lowest BCUT2D eigenvalue weighted by atomic mass is 10.2. The standard InChI is InChI=1S/C17H15N7O6/c1-29-11-6-3-2-5-10(11)16(25)22-20-14-13(24(27)28)15(19-9-18-14)21-23-17(26)12-7-4-8-30-12/h2-9H,1H3,(H,22,25)(H,23,26)(H2,18,19,20,21). The molecule has 1 aromatic carbocycles. The van der Waals surface area contributed by atoms with Gasteiger partial charge in [-0.3, -0.25) is 41.4 Å². The number of methoxy groups -OCH3 is 1. The highest BCUT2D eigenvalue weighted by Gasteiger charge is 2.24. The van der Waals surface area contributed by atoms with Crippen LogP contribution in [0.1, 0.15) is 20.9 Å². The van der Waals surface area contributed by atoms with Gasteiger partial charge in [0.15, 0.2) is 5.76 Å². The van der Waals surface area contributed by atoms with Crippen LogP contribution in [0.25, 0.3) is 0 Å². The van der Waals surface area contributed by atoms with Gasteiger partial charge in [0.2, 0.25) is 11.6 Å². The number of benzene rings is 1. The van der Waals surface area contributed by atoms with Crippen molar-refractivity contribution in [3.63, 3.8) is 0 Å². The monoisotopic (exact) mass is 413 g/mol. The molecule has 0 aliphatic carbocycles. The van der Waals surface area contributed by atoms with Gasteiger partial charge >= 0.3 is 11.6 Å². The summed E-state index contributed by atoms with van der Waals surface area (Å²) < 4.78 is 10.0. The van der Waals surface area contributed by atoms with Crippen molar-refractivity contribution in [2.75, 3.05) is 18.0 Å². The summed E-state index contributed by atoms with van der Waals surface area (Å²) in [6.45, 7) is 0. The number of anilines is 2. The van der Waals surface area contributed by atoms with Gasteiger partial charge in [-0.05, 0) is 24.3 Å². The molecule has 4 N–H and O–H groups in total. The Balaban J connectivity index is 1.75. The molecule has 154 valence electrons. The molecule has 3 aromatic rings. The number of amides is 2. The van der Waals surface area contributed by atoms with Gasteiger partial charge in [-0.1, -0.05) is 12.1 Å². The van der Waals surface area contributed by atoms with Crippen LogP contribution < -0.4 is 26.4 Å². The van der Waals surface area contributed by atoms with E-state index in [1.807, 2.05) is 0 Å². The lowest BCUT2D eigenvalue weighted by Gasteiger charge is -2.12. The number of hydrazine groups is 2. The van der Waals surface area contributed by atoms with Gasteiger partial charge in [-0.25, -0.2) is 9.97 Å². The van der Waals surface area contributed by atoms with Gasteiger partial charge in [-0.2, -0.15) is 0 Å². The van der Waals surface area contributed by atoms with Gasteiger partial charge in [0.05, 0.1) is 23.9 Å². The molecule has 30 heavy (non-hydrogen) atoms. The molecule has 0 radical (unpaired) electrons. The van der Waals surface area contributed by atoms with E-state index in [2.05, 4.69) is 31.7 Å². The van der Waals surface area contributed by atoms with Crippen LogP contribution in [0.5, 0.6) is 5.75 Å². The zero-order valence-electron chi connectivity index (χ0n) is 15.4. The molecule has 3 rings (SSSR count). The number of ether oxygens (including phenoxy) is 1. The quantitative estimate of drug-likeness (QED) is 0.313.